The van der Waals surface area contributed by atoms with Crippen molar-refractivity contribution in [2.75, 3.05) is 6.54 Å². The average molecular weight is 389 g/mol. The average Bonchev–Trinajstić information content (AvgIpc) is 3.27. The summed E-state index contributed by atoms with van der Waals surface area (Å²) < 4.78 is 3.02. The van der Waals surface area contributed by atoms with Gasteiger partial charge in [0.15, 0.2) is 10.1 Å². The van der Waals surface area contributed by atoms with Gasteiger partial charge in [0, 0.05) is 30.6 Å². The fraction of sp³-hybridized carbons (Fsp3) is 0.118. The Hall–Kier alpha value is -2.22. The van der Waals surface area contributed by atoms with Crippen LogP contribution in [0, 0.1) is 0 Å². The van der Waals surface area contributed by atoms with E-state index in [0.717, 1.165) is 15.5 Å². The summed E-state index contributed by atoms with van der Waals surface area (Å²) in [6.07, 6.45) is 5.75. The smallest absolute Gasteiger partial charge is 0.244 e. The predicted molar refractivity (Wildman–Crippen MR) is 103 cm³/mol. The molecule has 0 unspecified atom stereocenters. The van der Waals surface area contributed by atoms with Gasteiger partial charge >= 0.3 is 0 Å². The number of benzene rings is 1. The molecule has 0 atom stereocenters. The molecule has 1 N–H and O–H groups in total. The summed E-state index contributed by atoms with van der Waals surface area (Å²) >= 11 is 9.25. The van der Waals surface area contributed by atoms with Crippen molar-refractivity contribution >= 4 is 61.4 Å². The lowest BCUT2D eigenvalue weighted by atomic mass is 10.3. The molecule has 0 bridgehead atoms. The lowest BCUT2D eigenvalue weighted by Gasteiger charge is -1.99. The summed E-state index contributed by atoms with van der Waals surface area (Å²) in [6, 6.07) is 8.03. The van der Waals surface area contributed by atoms with Crippen molar-refractivity contribution in [1.29, 1.82) is 0 Å². The minimum atomic E-state index is -0.164. The Labute approximate surface area is 156 Å². The number of nitrogens with one attached hydrogen (secondary N) is 1. The first-order chi connectivity index (χ1) is 12.2. The highest BCUT2D eigenvalue weighted by Crippen LogP contribution is 2.23. The normalized spacial score (nSPS) is 11.7. The maximum Gasteiger partial charge on any atom is 0.244 e. The van der Waals surface area contributed by atoms with E-state index < -0.39 is 0 Å². The second-order valence-corrected chi connectivity index (χ2v) is 7.64. The third-order valence-corrected chi connectivity index (χ3v) is 5.75. The van der Waals surface area contributed by atoms with Crippen LogP contribution in [-0.4, -0.2) is 26.8 Å². The molecule has 25 heavy (non-hydrogen) atoms. The zero-order valence-electron chi connectivity index (χ0n) is 13.0. The molecule has 4 aromatic rings. The molecule has 0 saturated carbocycles. The van der Waals surface area contributed by atoms with E-state index in [1.54, 1.807) is 17.4 Å². The van der Waals surface area contributed by atoms with Gasteiger partial charge in [0.1, 0.15) is 0 Å². The highest BCUT2D eigenvalue weighted by Gasteiger charge is 2.09. The van der Waals surface area contributed by atoms with Crippen molar-refractivity contribution in [1.82, 2.24) is 19.7 Å². The van der Waals surface area contributed by atoms with E-state index in [2.05, 4.69) is 21.4 Å². The Morgan fingerprint density at radius 2 is 2.20 bits per heavy atom. The highest BCUT2D eigenvalue weighted by atomic mass is 35.5. The molecule has 0 fully saturated rings. The monoisotopic (exact) mass is 388 g/mol. The van der Waals surface area contributed by atoms with Crippen LogP contribution < -0.4 is 5.32 Å². The van der Waals surface area contributed by atoms with Gasteiger partial charge in [-0.3, -0.25) is 9.20 Å². The first-order valence-corrected chi connectivity index (χ1v) is 9.69. The number of hydrogen-bond donors (Lipinski definition) is 1. The van der Waals surface area contributed by atoms with Crippen molar-refractivity contribution in [3.05, 3.63) is 57.8 Å². The van der Waals surface area contributed by atoms with Crippen molar-refractivity contribution in [2.45, 2.75) is 6.42 Å². The largest absolute Gasteiger partial charge is 0.352 e. The predicted octanol–water partition coefficient (Wildman–Crippen LogP) is 4.03. The van der Waals surface area contributed by atoms with E-state index in [1.807, 2.05) is 34.2 Å². The Morgan fingerprint density at radius 3 is 3.08 bits per heavy atom. The molecule has 0 aliphatic rings. The third kappa shape index (κ3) is 3.44. The second-order valence-electron chi connectivity index (χ2n) is 5.29. The van der Waals surface area contributed by atoms with Crippen LogP contribution >= 0.6 is 34.3 Å². The van der Waals surface area contributed by atoms with Gasteiger partial charge in [0.2, 0.25) is 5.91 Å². The van der Waals surface area contributed by atoms with E-state index >= 15 is 0 Å². The minimum absolute atomic E-state index is 0.164. The number of imidazole rings is 1. The van der Waals surface area contributed by atoms with Gasteiger partial charge in [0.05, 0.1) is 20.9 Å². The summed E-state index contributed by atoms with van der Waals surface area (Å²) in [7, 11) is 0. The molecule has 3 aromatic heterocycles. The lowest BCUT2D eigenvalue weighted by Crippen LogP contribution is -2.23. The van der Waals surface area contributed by atoms with E-state index in [4.69, 9.17) is 11.6 Å². The number of halogens is 1. The second kappa shape index (κ2) is 6.95. The number of aromatic nitrogens is 3. The summed E-state index contributed by atoms with van der Waals surface area (Å²) in [4.78, 5) is 21.6. The first kappa shape index (κ1) is 16.3. The number of nitrogens with zero attached hydrogens (tertiary/aromatic N) is 3. The standard InChI is InChI=1S/C17H13ClN4OS2/c18-16-12(22-9-10-24-17(22)21-16)5-6-14(23)19-8-7-15-20-11-3-1-2-4-13(11)25-15/h1-6,9-10H,7-8H2,(H,19,23)/b6-5+. The van der Waals surface area contributed by atoms with Crippen LogP contribution in [0.1, 0.15) is 10.7 Å². The lowest BCUT2D eigenvalue weighted by molar-refractivity contribution is -0.116. The number of carbonyl (C=O) groups is 1. The van der Waals surface area contributed by atoms with Crippen molar-refractivity contribution < 1.29 is 4.79 Å². The molecule has 8 heteroatoms. The zero-order valence-corrected chi connectivity index (χ0v) is 15.4. The van der Waals surface area contributed by atoms with Crippen LogP contribution in [0.5, 0.6) is 0 Å². The van der Waals surface area contributed by atoms with Gasteiger partial charge in [-0.15, -0.1) is 22.7 Å². The molecule has 5 nitrogen and oxygen atoms in total. The molecule has 0 saturated heterocycles. The van der Waals surface area contributed by atoms with Gasteiger partial charge in [0.25, 0.3) is 0 Å². The summed E-state index contributed by atoms with van der Waals surface area (Å²) in [5.41, 5.74) is 1.71. The van der Waals surface area contributed by atoms with Crippen molar-refractivity contribution in [3.63, 3.8) is 0 Å². The van der Waals surface area contributed by atoms with Crippen LogP contribution in [0.4, 0.5) is 0 Å². The third-order valence-electron chi connectivity index (χ3n) is 3.62. The highest BCUT2D eigenvalue weighted by molar-refractivity contribution is 7.18. The fourth-order valence-electron chi connectivity index (χ4n) is 2.46. The molecule has 0 radical (unpaired) electrons. The molecular weight excluding hydrogens is 376 g/mol. The minimum Gasteiger partial charge on any atom is -0.352 e. The number of carbonyl (C=O) groups excluding carboxylic acids is 1. The quantitative estimate of drug-likeness (QED) is 0.525. The number of fused-ring (bicyclic) bond motifs is 2. The number of para-hydroxylation sites is 1. The van der Waals surface area contributed by atoms with Gasteiger partial charge in [-0.2, -0.15) is 0 Å². The van der Waals surface area contributed by atoms with Crippen molar-refractivity contribution in [3.8, 4) is 0 Å². The van der Waals surface area contributed by atoms with Gasteiger partial charge < -0.3 is 5.32 Å². The number of thiazole rings is 2. The molecular formula is C17H13ClN4OS2. The Balaban J connectivity index is 1.36. The zero-order chi connectivity index (χ0) is 17.2. The molecule has 0 aliphatic carbocycles. The molecule has 126 valence electrons. The van der Waals surface area contributed by atoms with Crippen LogP contribution in [0.2, 0.25) is 5.15 Å². The maximum atomic E-state index is 12.0. The molecule has 3 heterocycles. The van der Waals surface area contributed by atoms with Gasteiger partial charge in [-0.05, 0) is 18.2 Å². The Bertz CT molecular complexity index is 1050. The van der Waals surface area contributed by atoms with E-state index in [9.17, 15) is 4.79 Å². The van der Waals surface area contributed by atoms with E-state index in [-0.39, 0.29) is 5.91 Å². The molecule has 0 aliphatic heterocycles. The Morgan fingerprint density at radius 1 is 1.32 bits per heavy atom. The summed E-state index contributed by atoms with van der Waals surface area (Å²) in [5.74, 6) is -0.164. The topological polar surface area (TPSA) is 59.3 Å². The van der Waals surface area contributed by atoms with Crippen LogP contribution in [0.25, 0.3) is 21.3 Å². The molecule has 1 amide bonds. The maximum absolute atomic E-state index is 12.0. The summed E-state index contributed by atoms with van der Waals surface area (Å²) in [5, 5.41) is 6.21. The van der Waals surface area contributed by atoms with E-state index in [1.165, 1.54) is 22.1 Å². The van der Waals surface area contributed by atoms with Crippen molar-refractivity contribution in [2.24, 2.45) is 0 Å². The van der Waals surface area contributed by atoms with Gasteiger partial charge in [-0.1, -0.05) is 23.7 Å². The number of rotatable bonds is 5. The van der Waals surface area contributed by atoms with Crippen LogP contribution in [-0.2, 0) is 11.2 Å². The van der Waals surface area contributed by atoms with Crippen LogP contribution in [0.3, 0.4) is 0 Å². The molecule has 1 aromatic carbocycles. The number of hydrogen-bond acceptors (Lipinski definition) is 5. The number of amides is 1. The van der Waals surface area contributed by atoms with Crippen LogP contribution in [0.15, 0.2) is 41.9 Å². The molecule has 0 spiro atoms. The SMILES string of the molecule is O=C(/C=C/c1c(Cl)nc2sccn12)NCCc1nc2ccccc2s1. The van der Waals surface area contributed by atoms with E-state index in [0.29, 0.717) is 23.8 Å². The van der Waals surface area contributed by atoms with Gasteiger partial charge in [-0.25, -0.2) is 9.97 Å². The Kier molecular flexibility index (Phi) is 4.52. The fourth-order valence-corrected chi connectivity index (χ4v) is 4.43. The molecule has 4 rings (SSSR count). The summed E-state index contributed by atoms with van der Waals surface area (Å²) in [6.45, 7) is 0.539. The first-order valence-electron chi connectivity index (χ1n) is 7.62.